The highest BCUT2D eigenvalue weighted by Crippen LogP contribution is 2.30. The van der Waals surface area contributed by atoms with Crippen LogP contribution in [0.5, 0.6) is 0 Å². The van der Waals surface area contributed by atoms with Crippen LogP contribution in [0, 0.1) is 0 Å². The van der Waals surface area contributed by atoms with Crippen molar-refractivity contribution in [2.75, 3.05) is 13.7 Å². The summed E-state index contributed by atoms with van der Waals surface area (Å²) in [6.07, 6.45) is 1.25. The molecule has 1 aliphatic heterocycles. The third kappa shape index (κ3) is 2.35. The van der Waals surface area contributed by atoms with Gasteiger partial charge in [-0.25, -0.2) is 4.79 Å². The molecule has 94 valence electrons. The van der Waals surface area contributed by atoms with Crippen LogP contribution < -0.4 is 5.56 Å². The molecule has 1 amide bonds. The average Bonchev–Trinajstić information content (AvgIpc) is 2.75. The molecule has 1 aliphatic rings. The molecule has 2 heterocycles. The van der Waals surface area contributed by atoms with E-state index in [4.69, 9.17) is 9.26 Å². The fourth-order valence-electron chi connectivity index (χ4n) is 2.32. The van der Waals surface area contributed by atoms with E-state index in [1.807, 2.05) is 6.92 Å². The average molecular weight is 240 g/mol. The van der Waals surface area contributed by atoms with Crippen molar-refractivity contribution >= 4 is 6.09 Å². The number of likely N-dealkylation sites (tertiary alicyclic amines) is 1. The van der Waals surface area contributed by atoms with E-state index >= 15 is 0 Å². The lowest BCUT2D eigenvalue weighted by Gasteiger charge is -2.35. The number of aromatic amines is 1. The first kappa shape index (κ1) is 11.8. The predicted molar refractivity (Wildman–Crippen MR) is 59.9 cm³/mol. The molecule has 6 heteroatoms. The molecule has 1 N–H and O–H groups in total. The molecule has 0 spiro atoms. The fourth-order valence-corrected chi connectivity index (χ4v) is 2.32. The van der Waals surface area contributed by atoms with E-state index in [0.717, 1.165) is 12.8 Å². The molecule has 17 heavy (non-hydrogen) atoms. The van der Waals surface area contributed by atoms with Crippen molar-refractivity contribution < 1.29 is 14.1 Å². The molecule has 0 radical (unpaired) electrons. The predicted octanol–water partition coefficient (Wildman–Crippen LogP) is 1.30. The number of hydrogen-bond acceptors (Lipinski definition) is 4. The molecule has 0 bridgehead atoms. The summed E-state index contributed by atoms with van der Waals surface area (Å²) in [4.78, 5) is 24.1. The number of hydrogen-bond donors (Lipinski definition) is 1. The van der Waals surface area contributed by atoms with Crippen LogP contribution in [-0.4, -0.2) is 35.8 Å². The zero-order chi connectivity index (χ0) is 12.4. The van der Waals surface area contributed by atoms with Crippen molar-refractivity contribution in [3.63, 3.8) is 0 Å². The second-order valence-electron chi connectivity index (χ2n) is 4.35. The minimum Gasteiger partial charge on any atom is -0.453 e. The van der Waals surface area contributed by atoms with Crippen molar-refractivity contribution in [1.82, 2.24) is 10.1 Å². The Morgan fingerprint density at radius 1 is 1.65 bits per heavy atom. The summed E-state index contributed by atoms with van der Waals surface area (Å²) in [5.74, 6) is 0.858. The maximum absolute atomic E-state index is 11.4. The smallest absolute Gasteiger partial charge is 0.409 e. The van der Waals surface area contributed by atoms with Crippen molar-refractivity contribution in [2.45, 2.75) is 31.7 Å². The number of piperidine rings is 1. The SMILES string of the molecule is COC(=O)N1CC[C@@H](c2cc(=O)[nH]o2)C[C@@H]1C. The van der Waals surface area contributed by atoms with Gasteiger partial charge in [0, 0.05) is 24.6 Å². The third-order valence-corrected chi connectivity index (χ3v) is 3.23. The molecule has 1 fully saturated rings. The van der Waals surface area contributed by atoms with Gasteiger partial charge in [-0.05, 0) is 19.8 Å². The van der Waals surface area contributed by atoms with E-state index in [-0.39, 0.29) is 23.6 Å². The largest absolute Gasteiger partial charge is 0.453 e. The molecular weight excluding hydrogens is 224 g/mol. The van der Waals surface area contributed by atoms with Gasteiger partial charge in [-0.3, -0.25) is 4.79 Å². The first-order valence-electron chi connectivity index (χ1n) is 5.65. The van der Waals surface area contributed by atoms with Crippen molar-refractivity contribution in [2.24, 2.45) is 0 Å². The van der Waals surface area contributed by atoms with Crippen LogP contribution >= 0.6 is 0 Å². The number of methoxy groups -OCH3 is 1. The summed E-state index contributed by atoms with van der Waals surface area (Å²) in [5.41, 5.74) is -0.219. The lowest BCUT2D eigenvalue weighted by atomic mass is 9.90. The molecular formula is C11H16N2O4. The van der Waals surface area contributed by atoms with Gasteiger partial charge >= 0.3 is 6.09 Å². The second-order valence-corrected chi connectivity index (χ2v) is 4.35. The van der Waals surface area contributed by atoms with E-state index in [1.165, 1.54) is 13.2 Å². The molecule has 6 nitrogen and oxygen atoms in total. The van der Waals surface area contributed by atoms with Crippen LogP contribution in [0.4, 0.5) is 4.79 Å². The van der Waals surface area contributed by atoms with Crippen LogP contribution in [0.3, 0.4) is 0 Å². The number of H-pyrrole nitrogens is 1. The Hall–Kier alpha value is -1.72. The normalized spacial score (nSPS) is 24.7. The number of carbonyl (C=O) groups is 1. The van der Waals surface area contributed by atoms with Gasteiger partial charge in [0.2, 0.25) is 0 Å². The highest BCUT2D eigenvalue weighted by molar-refractivity contribution is 5.67. The first-order chi connectivity index (χ1) is 8.11. The number of aromatic nitrogens is 1. The molecule has 2 rings (SSSR count). The standard InChI is InChI=1S/C11H16N2O4/c1-7-5-8(9-6-10(14)12-17-9)3-4-13(7)11(15)16-2/h6-8H,3-5H2,1-2H3,(H,12,14)/t7-,8+/m0/s1. The third-order valence-electron chi connectivity index (χ3n) is 3.23. The highest BCUT2D eigenvalue weighted by Gasteiger charge is 2.31. The van der Waals surface area contributed by atoms with Gasteiger partial charge in [-0.15, -0.1) is 0 Å². The summed E-state index contributed by atoms with van der Waals surface area (Å²) in [6, 6.07) is 1.56. The molecule has 0 aliphatic carbocycles. The minimum atomic E-state index is -0.300. The number of amides is 1. The van der Waals surface area contributed by atoms with E-state index in [1.54, 1.807) is 4.90 Å². The van der Waals surface area contributed by atoms with Gasteiger partial charge in [-0.2, -0.15) is 5.16 Å². The molecule has 0 aromatic carbocycles. The van der Waals surface area contributed by atoms with Gasteiger partial charge in [0.1, 0.15) is 5.76 Å². The van der Waals surface area contributed by atoms with E-state index in [2.05, 4.69) is 5.16 Å². The van der Waals surface area contributed by atoms with Gasteiger partial charge in [0.05, 0.1) is 7.11 Å². The zero-order valence-electron chi connectivity index (χ0n) is 9.93. The Bertz CT molecular complexity index is 450. The summed E-state index contributed by atoms with van der Waals surface area (Å²) < 4.78 is 9.81. The van der Waals surface area contributed by atoms with Crippen molar-refractivity contribution in [1.29, 1.82) is 0 Å². The molecule has 1 saturated heterocycles. The number of ether oxygens (including phenoxy) is 1. The van der Waals surface area contributed by atoms with Crippen LogP contribution in [0.25, 0.3) is 0 Å². The van der Waals surface area contributed by atoms with Crippen LogP contribution in [-0.2, 0) is 4.74 Å². The Balaban J connectivity index is 2.04. The minimum absolute atomic E-state index is 0.0846. The number of nitrogens with one attached hydrogen (secondary N) is 1. The quantitative estimate of drug-likeness (QED) is 0.802. The maximum Gasteiger partial charge on any atom is 0.409 e. The lowest BCUT2D eigenvalue weighted by Crippen LogP contribution is -2.44. The Labute approximate surface area is 98.5 Å². The summed E-state index contributed by atoms with van der Waals surface area (Å²) in [7, 11) is 1.38. The fraction of sp³-hybridized carbons (Fsp3) is 0.636. The highest BCUT2D eigenvalue weighted by atomic mass is 16.5. The molecule has 0 unspecified atom stereocenters. The zero-order valence-corrected chi connectivity index (χ0v) is 9.93. The molecule has 1 aromatic heterocycles. The first-order valence-corrected chi connectivity index (χ1v) is 5.65. The van der Waals surface area contributed by atoms with Crippen LogP contribution in [0.2, 0.25) is 0 Å². The van der Waals surface area contributed by atoms with E-state index in [0.29, 0.717) is 12.3 Å². The van der Waals surface area contributed by atoms with Gasteiger partial charge < -0.3 is 14.2 Å². The second kappa shape index (κ2) is 4.65. The monoisotopic (exact) mass is 240 g/mol. The Kier molecular flexibility index (Phi) is 3.21. The number of nitrogens with zero attached hydrogens (tertiary/aromatic N) is 1. The Morgan fingerprint density at radius 2 is 2.41 bits per heavy atom. The topological polar surface area (TPSA) is 75.5 Å². The summed E-state index contributed by atoms with van der Waals surface area (Å²) >= 11 is 0. The van der Waals surface area contributed by atoms with Gasteiger partial charge in [-0.1, -0.05) is 0 Å². The molecule has 2 atom stereocenters. The van der Waals surface area contributed by atoms with Crippen molar-refractivity contribution in [3.05, 3.63) is 22.2 Å². The van der Waals surface area contributed by atoms with Gasteiger partial charge in [0.15, 0.2) is 0 Å². The van der Waals surface area contributed by atoms with Crippen LogP contribution in [0.1, 0.15) is 31.4 Å². The van der Waals surface area contributed by atoms with Crippen LogP contribution in [0.15, 0.2) is 15.4 Å². The van der Waals surface area contributed by atoms with Crippen molar-refractivity contribution in [3.8, 4) is 0 Å². The van der Waals surface area contributed by atoms with E-state index in [9.17, 15) is 9.59 Å². The molecule has 1 aromatic rings. The lowest BCUT2D eigenvalue weighted by molar-refractivity contribution is 0.0870. The maximum atomic E-state index is 11.4. The van der Waals surface area contributed by atoms with Gasteiger partial charge in [0.25, 0.3) is 5.56 Å². The molecule has 0 saturated carbocycles. The number of carbonyl (C=O) groups excluding carboxylic acids is 1. The number of rotatable bonds is 1. The Morgan fingerprint density at radius 3 is 2.94 bits per heavy atom. The summed E-state index contributed by atoms with van der Waals surface area (Å²) in [5, 5.41) is 2.29. The summed E-state index contributed by atoms with van der Waals surface area (Å²) in [6.45, 7) is 2.58. The van der Waals surface area contributed by atoms with E-state index < -0.39 is 0 Å².